The second kappa shape index (κ2) is 12.8. The van der Waals surface area contributed by atoms with Gasteiger partial charge in [-0.15, -0.1) is 0 Å². The van der Waals surface area contributed by atoms with Crippen molar-refractivity contribution in [1.82, 2.24) is 16.0 Å². The van der Waals surface area contributed by atoms with Crippen molar-refractivity contribution >= 4 is 29.7 Å². The lowest BCUT2D eigenvalue weighted by atomic mass is 10.0. The zero-order valence-electron chi connectivity index (χ0n) is 18.4. The normalized spacial score (nSPS) is 16.0. The molecular formula is C19H34N4O8. The number of carboxylic acid groups (broad SMARTS) is 2. The lowest BCUT2D eigenvalue weighted by Crippen LogP contribution is -2.59. The number of aliphatic hydroxyl groups is 1. The van der Waals surface area contributed by atoms with Crippen molar-refractivity contribution in [1.29, 1.82) is 0 Å². The Hall–Kier alpha value is -2.73. The van der Waals surface area contributed by atoms with Crippen LogP contribution in [0, 0.1) is 11.8 Å². The van der Waals surface area contributed by atoms with E-state index in [2.05, 4.69) is 16.0 Å². The Bertz CT molecular complexity index is 665. The first-order valence-electron chi connectivity index (χ1n) is 9.96. The van der Waals surface area contributed by atoms with Crippen LogP contribution in [0.5, 0.6) is 0 Å². The van der Waals surface area contributed by atoms with Crippen LogP contribution in [0.1, 0.15) is 47.5 Å². The summed E-state index contributed by atoms with van der Waals surface area (Å²) in [4.78, 5) is 59.8. The lowest BCUT2D eigenvalue weighted by Gasteiger charge is -2.27. The summed E-state index contributed by atoms with van der Waals surface area (Å²) in [5, 5.41) is 34.5. The van der Waals surface area contributed by atoms with Crippen molar-refractivity contribution < 1.29 is 39.3 Å². The maximum atomic E-state index is 12.7. The number of aliphatic carboxylic acids is 2. The molecule has 0 aliphatic heterocycles. The minimum absolute atomic E-state index is 0.0950. The van der Waals surface area contributed by atoms with Gasteiger partial charge in [0.15, 0.2) is 6.04 Å². The molecule has 0 heterocycles. The number of rotatable bonds is 13. The summed E-state index contributed by atoms with van der Waals surface area (Å²) < 4.78 is 0. The van der Waals surface area contributed by atoms with Crippen LogP contribution >= 0.6 is 0 Å². The maximum absolute atomic E-state index is 12.7. The Morgan fingerprint density at radius 3 is 1.71 bits per heavy atom. The molecule has 12 heteroatoms. The van der Waals surface area contributed by atoms with Gasteiger partial charge in [-0.2, -0.15) is 0 Å². The molecule has 0 saturated carbocycles. The fraction of sp³-hybridized carbons (Fsp3) is 0.737. The zero-order chi connectivity index (χ0) is 24.5. The average molecular weight is 447 g/mol. The predicted molar refractivity (Wildman–Crippen MR) is 110 cm³/mol. The van der Waals surface area contributed by atoms with Gasteiger partial charge in [0.25, 0.3) is 0 Å². The first kappa shape index (κ1) is 28.3. The third-order valence-electron chi connectivity index (χ3n) is 4.37. The molecule has 0 bridgehead atoms. The average Bonchev–Trinajstić information content (AvgIpc) is 2.61. The Labute approximate surface area is 180 Å². The highest BCUT2D eigenvalue weighted by Crippen LogP contribution is 2.07. The van der Waals surface area contributed by atoms with Crippen LogP contribution in [0.25, 0.3) is 0 Å². The van der Waals surface area contributed by atoms with Crippen LogP contribution in [0.15, 0.2) is 0 Å². The molecule has 3 amide bonds. The molecule has 5 unspecified atom stereocenters. The quantitative estimate of drug-likeness (QED) is 0.174. The second-order valence-electron chi connectivity index (χ2n) is 8.19. The first-order valence-corrected chi connectivity index (χ1v) is 9.96. The summed E-state index contributed by atoms with van der Waals surface area (Å²) in [6.45, 7) is 8.02. The highest BCUT2D eigenvalue weighted by atomic mass is 16.4. The summed E-state index contributed by atoms with van der Waals surface area (Å²) in [7, 11) is 0. The number of carbonyl (C=O) groups excluding carboxylic acids is 3. The molecule has 12 nitrogen and oxygen atoms in total. The summed E-state index contributed by atoms with van der Waals surface area (Å²) in [6, 6.07) is -5.29. The monoisotopic (exact) mass is 446 g/mol. The van der Waals surface area contributed by atoms with Crippen molar-refractivity contribution in [2.75, 3.05) is 0 Å². The predicted octanol–water partition coefficient (Wildman–Crippen LogP) is -1.59. The number of hydrogen-bond donors (Lipinski definition) is 7. The van der Waals surface area contributed by atoms with Gasteiger partial charge in [0.1, 0.15) is 12.1 Å². The number of hydrogen-bond acceptors (Lipinski definition) is 7. The van der Waals surface area contributed by atoms with E-state index in [-0.39, 0.29) is 5.92 Å². The van der Waals surface area contributed by atoms with Gasteiger partial charge in [-0.3, -0.25) is 19.2 Å². The number of carboxylic acids is 2. The van der Waals surface area contributed by atoms with Gasteiger partial charge >= 0.3 is 11.9 Å². The van der Waals surface area contributed by atoms with E-state index in [1.165, 1.54) is 6.92 Å². The first-order chi connectivity index (χ1) is 14.2. The van der Waals surface area contributed by atoms with Gasteiger partial charge < -0.3 is 37.0 Å². The molecule has 0 aliphatic carbocycles. The topological polar surface area (TPSA) is 208 Å². The van der Waals surface area contributed by atoms with E-state index < -0.39 is 72.3 Å². The van der Waals surface area contributed by atoms with Gasteiger partial charge in [-0.1, -0.05) is 27.7 Å². The fourth-order valence-corrected chi connectivity index (χ4v) is 2.70. The van der Waals surface area contributed by atoms with E-state index in [1.54, 1.807) is 13.8 Å². The van der Waals surface area contributed by atoms with Gasteiger partial charge in [0, 0.05) is 0 Å². The van der Waals surface area contributed by atoms with Gasteiger partial charge in [-0.25, -0.2) is 4.79 Å². The maximum Gasteiger partial charge on any atom is 0.328 e. The minimum atomic E-state index is -1.60. The highest BCUT2D eigenvalue weighted by Gasteiger charge is 2.34. The standard InChI is InChI=1S/C19H34N4O8/c1-8(2)6-11(20)16(27)21-12(7-13(25)26)17(28)22-14(9(3)4)18(29)23-15(10(5)24)19(30)31/h8-12,14-15,24H,6-7,20H2,1-5H3,(H,21,27)(H,22,28)(H,23,29)(H,25,26)(H,30,31). The molecule has 178 valence electrons. The molecule has 0 aromatic rings. The molecule has 0 aromatic heterocycles. The molecule has 8 N–H and O–H groups in total. The van der Waals surface area contributed by atoms with E-state index in [9.17, 15) is 29.1 Å². The molecule has 0 rings (SSSR count). The van der Waals surface area contributed by atoms with Crippen LogP contribution in [0.2, 0.25) is 0 Å². The summed E-state index contributed by atoms with van der Waals surface area (Å²) >= 11 is 0. The Kier molecular flexibility index (Phi) is 11.7. The largest absolute Gasteiger partial charge is 0.481 e. The Morgan fingerprint density at radius 2 is 1.32 bits per heavy atom. The molecule has 0 aromatic carbocycles. The molecule has 0 fully saturated rings. The second-order valence-corrected chi connectivity index (χ2v) is 8.19. The highest BCUT2D eigenvalue weighted by molar-refractivity contribution is 5.95. The molecule has 0 spiro atoms. The van der Waals surface area contributed by atoms with Crippen molar-refractivity contribution in [2.45, 2.75) is 77.7 Å². The van der Waals surface area contributed by atoms with E-state index in [1.807, 2.05) is 13.8 Å². The van der Waals surface area contributed by atoms with E-state index >= 15 is 0 Å². The van der Waals surface area contributed by atoms with Crippen LogP contribution in [-0.2, 0) is 24.0 Å². The van der Waals surface area contributed by atoms with Crippen LogP contribution < -0.4 is 21.7 Å². The third kappa shape index (κ3) is 10.2. The Morgan fingerprint density at radius 1 is 0.806 bits per heavy atom. The number of carbonyl (C=O) groups is 5. The van der Waals surface area contributed by atoms with Crippen molar-refractivity contribution in [2.24, 2.45) is 17.6 Å². The molecule has 31 heavy (non-hydrogen) atoms. The minimum Gasteiger partial charge on any atom is -0.481 e. The molecule has 0 radical (unpaired) electrons. The van der Waals surface area contributed by atoms with Gasteiger partial charge in [0.05, 0.1) is 18.6 Å². The molecule has 0 saturated heterocycles. The molecular weight excluding hydrogens is 412 g/mol. The van der Waals surface area contributed by atoms with E-state index in [0.29, 0.717) is 6.42 Å². The van der Waals surface area contributed by atoms with Crippen molar-refractivity contribution in [3.8, 4) is 0 Å². The Balaban J connectivity index is 5.43. The van der Waals surface area contributed by atoms with Gasteiger partial charge in [0.2, 0.25) is 17.7 Å². The summed E-state index contributed by atoms with van der Waals surface area (Å²) in [5.41, 5.74) is 5.77. The van der Waals surface area contributed by atoms with Gasteiger partial charge in [-0.05, 0) is 25.2 Å². The summed E-state index contributed by atoms with van der Waals surface area (Å²) in [6.07, 6.45) is -1.82. The number of amides is 3. The van der Waals surface area contributed by atoms with Crippen LogP contribution in [0.3, 0.4) is 0 Å². The number of nitrogens with one attached hydrogen (secondary N) is 3. The summed E-state index contributed by atoms with van der Waals surface area (Å²) in [5.74, 6) is -5.77. The lowest BCUT2D eigenvalue weighted by molar-refractivity contribution is -0.146. The van der Waals surface area contributed by atoms with Crippen molar-refractivity contribution in [3.05, 3.63) is 0 Å². The molecule has 0 aliphatic rings. The van der Waals surface area contributed by atoms with E-state index in [0.717, 1.165) is 0 Å². The zero-order valence-corrected chi connectivity index (χ0v) is 18.4. The molecule has 5 atom stereocenters. The van der Waals surface area contributed by atoms with Crippen molar-refractivity contribution in [3.63, 3.8) is 0 Å². The third-order valence-corrected chi connectivity index (χ3v) is 4.37. The number of aliphatic hydroxyl groups excluding tert-OH is 1. The van der Waals surface area contributed by atoms with E-state index in [4.69, 9.17) is 15.9 Å². The van der Waals surface area contributed by atoms with Crippen LogP contribution in [-0.4, -0.2) is 75.3 Å². The smallest absolute Gasteiger partial charge is 0.328 e. The van der Waals surface area contributed by atoms with Crippen LogP contribution in [0.4, 0.5) is 0 Å². The number of nitrogens with two attached hydrogens (primary N) is 1. The SMILES string of the molecule is CC(C)CC(N)C(=O)NC(CC(=O)O)C(=O)NC(C(=O)NC(C(=O)O)C(C)O)C(C)C. The fourth-order valence-electron chi connectivity index (χ4n) is 2.70.